The summed E-state index contributed by atoms with van der Waals surface area (Å²) in [4.78, 5) is 35.3. The van der Waals surface area contributed by atoms with Crippen molar-refractivity contribution in [3.63, 3.8) is 0 Å². The SMILES string of the molecule is CCOc1ccc(NC(=O)COc2cccc(/C=N\NC(=O)C(=O)NC3CC3)c2)cc1. The van der Waals surface area contributed by atoms with Gasteiger partial charge in [0.2, 0.25) is 0 Å². The van der Waals surface area contributed by atoms with Crippen LogP contribution in [0.3, 0.4) is 0 Å². The first kappa shape index (κ1) is 21.8. The molecule has 0 atom stereocenters. The van der Waals surface area contributed by atoms with Crippen LogP contribution in [0.25, 0.3) is 0 Å². The van der Waals surface area contributed by atoms with Crippen LogP contribution in [0.5, 0.6) is 11.5 Å². The number of hydrogen-bond donors (Lipinski definition) is 3. The Hall–Kier alpha value is -3.88. The predicted octanol–water partition coefficient (Wildman–Crippen LogP) is 1.83. The van der Waals surface area contributed by atoms with Crippen molar-refractivity contribution >= 4 is 29.6 Å². The Morgan fingerprint density at radius 3 is 2.52 bits per heavy atom. The van der Waals surface area contributed by atoms with Gasteiger partial charge in [-0.2, -0.15) is 5.10 Å². The van der Waals surface area contributed by atoms with Crippen LogP contribution in [0.15, 0.2) is 53.6 Å². The monoisotopic (exact) mass is 424 g/mol. The summed E-state index contributed by atoms with van der Waals surface area (Å²) in [6.07, 6.45) is 3.18. The van der Waals surface area contributed by atoms with Crippen LogP contribution in [0, 0.1) is 0 Å². The van der Waals surface area contributed by atoms with Crippen LogP contribution < -0.4 is 25.5 Å². The standard InChI is InChI=1S/C22H24N4O5/c1-2-30-18-10-8-16(9-11-18)24-20(27)14-31-19-5-3-4-15(12-19)13-23-26-22(29)21(28)25-17-6-7-17/h3-5,8-13,17H,2,6-7,14H2,1H3,(H,24,27)(H,25,28)(H,26,29)/b23-13-. The Morgan fingerprint density at radius 2 is 1.81 bits per heavy atom. The topological polar surface area (TPSA) is 118 Å². The molecule has 0 aromatic heterocycles. The van der Waals surface area contributed by atoms with Gasteiger partial charge in [0.15, 0.2) is 6.61 Å². The molecule has 9 heteroatoms. The second kappa shape index (κ2) is 10.8. The van der Waals surface area contributed by atoms with E-state index >= 15 is 0 Å². The third-order valence-corrected chi connectivity index (χ3v) is 4.18. The van der Waals surface area contributed by atoms with E-state index in [0.717, 1.165) is 18.6 Å². The van der Waals surface area contributed by atoms with Crippen molar-refractivity contribution in [1.29, 1.82) is 0 Å². The number of rotatable bonds is 9. The molecule has 1 aliphatic rings. The largest absolute Gasteiger partial charge is 0.494 e. The highest BCUT2D eigenvalue weighted by Crippen LogP contribution is 2.18. The second-order valence-corrected chi connectivity index (χ2v) is 6.81. The molecule has 0 bridgehead atoms. The number of nitrogens with zero attached hydrogens (tertiary/aromatic N) is 1. The zero-order chi connectivity index (χ0) is 22.1. The first-order chi connectivity index (χ1) is 15.0. The summed E-state index contributed by atoms with van der Waals surface area (Å²) < 4.78 is 10.9. The molecule has 2 aromatic carbocycles. The molecular formula is C22H24N4O5. The van der Waals surface area contributed by atoms with Gasteiger partial charge in [-0.3, -0.25) is 14.4 Å². The van der Waals surface area contributed by atoms with E-state index in [4.69, 9.17) is 9.47 Å². The summed E-state index contributed by atoms with van der Waals surface area (Å²) in [5, 5.41) is 9.09. The van der Waals surface area contributed by atoms with Gasteiger partial charge in [-0.25, -0.2) is 5.43 Å². The van der Waals surface area contributed by atoms with E-state index in [1.165, 1.54) is 6.21 Å². The van der Waals surface area contributed by atoms with E-state index in [9.17, 15) is 14.4 Å². The number of benzene rings is 2. The van der Waals surface area contributed by atoms with Gasteiger partial charge in [-0.15, -0.1) is 0 Å². The molecule has 3 rings (SSSR count). The van der Waals surface area contributed by atoms with Crippen LogP contribution in [0.4, 0.5) is 5.69 Å². The highest BCUT2D eigenvalue weighted by molar-refractivity contribution is 6.35. The van der Waals surface area contributed by atoms with E-state index in [2.05, 4.69) is 21.2 Å². The summed E-state index contributed by atoms with van der Waals surface area (Å²) in [6, 6.07) is 14.0. The Morgan fingerprint density at radius 1 is 1.03 bits per heavy atom. The second-order valence-electron chi connectivity index (χ2n) is 6.81. The maximum atomic E-state index is 12.1. The average molecular weight is 424 g/mol. The molecular weight excluding hydrogens is 400 g/mol. The lowest BCUT2D eigenvalue weighted by Crippen LogP contribution is -2.38. The highest BCUT2D eigenvalue weighted by Gasteiger charge is 2.26. The van der Waals surface area contributed by atoms with Crippen molar-refractivity contribution in [1.82, 2.24) is 10.7 Å². The van der Waals surface area contributed by atoms with Crippen LogP contribution in [-0.2, 0) is 14.4 Å². The fourth-order valence-corrected chi connectivity index (χ4v) is 2.53. The molecule has 3 amide bonds. The number of hydrogen-bond acceptors (Lipinski definition) is 6. The summed E-state index contributed by atoms with van der Waals surface area (Å²) in [6.45, 7) is 2.30. The minimum Gasteiger partial charge on any atom is -0.494 e. The number of hydrazone groups is 1. The van der Waals surface area contributed by atoms with Gasteiger partial charge in [0.25, 0.3) is 5.91 Å². The summed E-state index contributed by atoms with van der Waals surface area (Å²) in [5.74, 6) is -0.632. The normalized spacial score (nSPS) is 12.8. The van der Waals surface area contributed by atoms with Crippen molar-refractivity contribution in [2.45, 2.75) is 25.8 Å². The number of amides is 3. The average Bonchev–Trinajstić information content (AvgIpc) is 3.58. The zero-order valence-corrected chi connectivity index (χ0v) is 17.1. The van der Waals surface area contributed by atoms with Gasteiger partial charge in [0.05, 0.1) is 12.8 Å². The number of carbonyl (C=O) groups excluding carboxylic acids is 3. The molecule has 162 valence electrons. The smallest absolute Gasteiger partial charge is 0.329 e. The molecule has 2 aromatic rings. The van der Waals surface area contributed by atoms with Gasteiger partial charge in [-0.1, -0.05) is 12.1 Å². The molecule has 0 heterocycles. The van der Waals surface area contributed by atoms with Gasteiger partial charge in [0, 0.05) is 11.7 Å². The third kappa shape index (κ3) is 7.46. The molecule has 0 saturated heterocycles. The first-order valence-electron chi connectivity index (χ1n) is 9.93. The van der Waals surface area contributed by atoms with Crippen molar-refractivity contribution in [2.75, 3.05) is 18.5 Å². The lowest BCUT2D eigenvalue weighted by molar-refractivity contribution is -0.139. The molecule has 0 unspecified atom stereocenters. The van der Waals surface area contributed by atoms with E-state index in [1.54, 1.807) is 48.5 Å². The summed E-state index contributed by atoms with van der Waals surface area (Å²) in [7, 11) is 0. The van der Waals surface area contributed by atoms with E-state index in [0.29, 0.717) is 23.6 Å². The highest BCUT2D eigenvalue weighted by atomic mass is 16.5. The number of ether oxygens (including phenoxy) is 2. The molecule has 9 nitrogen and oxygen atoms in total. The molecule has 0 radical (unpaired) electrons. The fourth-order valence-electron chi connectivity index (χ4n) is 2.53. The Bertz CT molecular complexity index is 955. The maximum Gasteiger partial charge on any atom is 0.329 e. The summed E-state index contributed by atoms with van der Waals surface area (Å²) in [5.41, 5.74) is 3.45. The Kier molecular flexibility index (Phi) is 7.58. The quantitative estimate of drug-likeness (QED) is 0.322. The Balaban J connectivity index is 1.44. The van der Waals surface area contributed by atoms with Crippen molar-refractivity contribution in [3.05, 3.63) is 54.1 Å². The lowest BCUT2D eigenvalue weighted by Gasteiger charge is -2.09. The molecule has 3 N–H and O–H groups in total. The molecule has 0 aliphatic heterocycles. The maximum absolute atomic E-state index is 12.1. The van der Waals surface area contributed by atoms with Gasteiger partial charge < -0.3 is 20.1 Å². The van der Waals surface area contributed by atoms with Crippen molar-refractivity contribution in [3.8, 4) is 11.5 Å². The van der Waals surface area contributed by atoms with Crippen LogP contribution >= 0.6 is 0 Å². The minimum atomic E-state index is -0.818. The molecule has 1 saturated carbocycles. The number of nitrogens with one attached hydrogen (secondary N) is 3. The molecule has 31 heavy (non-hydrogen) atoms. The Labute approximate surface area is 179 Å². The van der Waals surface area contributed by atoms with E-state index in [1.807, 2.05) is 6.92 Å². The third-order valence-electron chi connectivity index (χ3n) is 4.18. The van der Waals surface area contributed by atoms with Gasteiger partial charge >= 0.3 is 11.8 Å². The molecule has 1 fully saturated rings. The predicted molar refractivity (Wildman–Crippen MR) is 115 cm³/mol. The summed E-state index contributed by atoms with van der Waals surface area (Å²) >= 11 is 0. The first-order valence-corrected chi connectivity index (χ1v) is 9.93. The van der Waals surface area contributed by atoms with Crippen molar-refractivity contribution in [2.24, 2.45) is 5.10 Å². The molecule has 1 aliphatic carbocycles. The van der Waals surface area contributed by atoms with Crippen LogP contribution in [-0.4, -0.2) is 43.2 Å². The number of anilines is 1. The van der Waals surface area contributed by atoms with Gasteiger partial charge in [-0.05, 0) is 61.7 Å². The van der Waals surface area contributed by atoms with Crippen molar-refractivity contribution < 1.29 is 23.9 Å². The lowest BCUT2D eigenvalue weighted by atomic mass is 10.2. The zero-order valence-electron chi connectivity index (χ0n) is 17.1. The molecule has 0 spiro atoms. The fraction of sp³-hybridized carbons (Fsp3) is 0.273. The van der Waals surface area contributed by atoms with Crippen LogP contribution in [0.1, 0.15) is 25.3 Å². The number of carbonyl (C=O) groups is 3. The minimum absolute atomic E-state index is 0.0997. The van der Waals surface area contributed by atoms with Gasteiger partial charge in [0.1, 0.15) is 11.5 Å². The van der Waals surface area contributed by atoms with E-state index < -0.39 is 11.8 Å². The van der Waals surface area contributed by atoms with Crippen LogP contribution in [0.2, 0.25) is 0 Å². The van der Waals surface area contributed by atoms with E-state index in [-0.39, 0.29) is 18.6 Å².